The lowest BCUT2D eigenvalue weighted by Crippen LogP contribution is -2.34. The van der Waals surface area contributed by atoms with E-state index in [0.717, 1.165) is 6.54 Å². The van der Waals surface area contributed by atoms with Crippen LogP contribution in [0.2, 0.25) is 0 Å². The Kier molecular flexibility index (Phi) is 24.7. The topological polar surface area (TPSA) is 3.88 Å². The Morgan fingerprint density at radius 2 is 0.676 bits per heavy atom. The molecule has 1 heterocycles. The molecule has 216 valence electrons. The lowest BCUT2D eigenvalue weighted by atomic mass is 10.0. The highest BCUT2D eigenvalue weighted by Gasteiger charge is 2.08. The van der Waals surface area contributed by atoms with E-state index >= 15 is 0 Å². The van der Waals surface area contributed by atoms with Gasteiger partial charge in [0, 0.05) is 17.5 Å². The molecule has 1 rings (SSSR count). The fourth-order valence-electron chi connectivity index (χ4n) is 5.78. The fraction of sp³-hybridized carbons (Fsp3) is 0.861. The van der Waals surface area contributed by atoms with Crippen molar-refractivity contribution in [3.63, 3.8) is 0 Å². The van der Waals surface area contributed by atoms with E-state index in [9.17, 15) is 0 Å². The Bertz CT molecular complexity index is 546. The monoisotopic (exact) mass is 515 g/mol. The first-order valence-corrected chi connectivity index (χ1v) is 17.3. The summed E-state index contributed by atoms with van der Waals surface area (Å²) in [7, 11) is 0. The van der Waals surface area contributed by atoms with Gasteiger partial charge in [-0.15, -0.1) is 0 Å². The van der Waals surface area contributed by atoms with Crippen molar-refractivity contribution in [2.45, 2.75) is 201 Å². The van der Waals surface area contributed by atoms with E-state index in [1.54, 1.807) is 11.1 Å². The van der Waals surface area contributed by atoms with Crippen molar-refractivity contribution in [1.82, 2.24) is 0 Å². The quantitative estimate of drug-likeness (QED) is 0.0773. The summed E-state index contributed by atoms with van der Waals surface area (Å²) in [5, 5.41) is 0. The summed E-state index contributed by atoms with van der Waals surface area (Å²) < 4.78 is 2.48. The Hall–Kier alpha value is -0.850. The smallest absolute Gasteiger partial charge is 0.171 e. The number of nitrogens with zero attached hydrogens (tertiary/aromatic N) is 1. The van der Waals surface area contributed by atoms with Gasteiger partial charge in [-0.05, 0) is 31.7 Å². The van der Waals surface area contributed by atoms with Crippen molar-refractivity contribution in [1.29, 1.82) is 0 Å². The van der Waals surface area contributed by atoms with E-state index in [1.165, 1.54) is 173 Å². The molecule has 1 heteroatoms. The van der Waals surface area contributed by atoms with Crippen LogP contribution < -0.4 is 4.57 Å². The lowest BCUT2D eigenvalue weighted by molar-refractivity contribution is -0.697. The van der Waals surface area contributed by atoms with Crippen LogP contribution in [0.4, 0.5) is 0 Å². The zero-order valence-corrected chi connectivity index (χ0v) is 26.0. The minimum absolute atomic E-state index is 1.16. The van der Waals surface area contributed by atoms with Crippen LogP contribution in [-0.2, 0) is 19.4 Å². The molecule has 0 amide bonds. The van der Waals surface area contributed by atoms with Crippen LogP contribution >= 0.6 is 0 Å². The zero-order valence-electron chi connectivity index (χ0n) is 26.0. The van der Waals surface area contributed by atoms with Crippen molar-refractivity contribution in [2.24, 2.45) is 0 Å². The highest BCUT2D eigenvalue weighted by Crippen LogP contribution is 2.16. The first-order valence-electron chi connectivity index (χ1n) is 17.3. The summed E-state index contributed by atoms with van der Waals surface area (Å²) in [4.78, 5) is 0. The first kappa shape index (κ1) is 34.2. The second kappa shape index (κ2) is 26.7. The number of rotatable bonds is 28. The van der Waals surface area contributed by atoms with E-state index < -0.39 is 0 Å². The molecule has 0 radical (unpaired) electrons. The van der Waals surface area contributed by atoms with Crippen LogP contribution in [0, 0.1) is 0 Å². The van der Waals surface area contributed by atoms with Crippen molar-refractivity contribution in [3.05, 3.63) is 29.6 Å². The molecule has 1 nitrogen and oxygen atoms in total. The molecule has 37 heavy (non-hydrogen) atoms. The molecule has 1 aromatic rings. The largest absolute Gasteiger partial charge is 0.205 e. The van der Waals surface area contributed by atoms with Gasteiger partial charge in [-0.2, -0.15) is 0 Å². The van der Waals surface area contributed by atoms with E-state index in [-0.39, 0.29) is 0 Å². The second-order valence-electron chi connectivity index (χ2n) is 12.1. The van der Waals surface area contributed by atoms with Crippen LogP contribution in [0.5, 0.6) is 0 Å². The highest BCUT2D eigenvalue weighted by atomic mass is 14.9. The van der Waals surface area contributed by atoms with E-state index in [2.05, 4.69) is 43.8 Å². The van der Waals surface area contributed by atoms with Gasteiger partial charge in [-0.1, -0.05) is 162 Å². The Morgan fingerprint density at radius 1 is 0.378 bits per heavy atom. The standard InChI is InChI=1S/C36H68N/c1-4-7-9-11-13-15-17-19-21-23-25-27-29-35-32-36(34-37(33-35)31-6-3)30-28-26-24-22-20-18-16-14-12-10-8-5-2/h32-34H,4-31H2,1-3H3/q+1. The molecule has 0 aliphatic carbocycles. The fourth-order valence-corrected chi connectivity index (χ4v) is 5.78. The van der Waals surface area contributed by atoms with Crippen LogP contribution in [0.3, 0.4) is 0 Å². The average molecular weight is 515 g/mol. The predicted octanol–water partition coefficient (Wildman–Crippen LogP) is 11.9. The predicted molar refractivity (Wildman–Crippen MR) is 166 cm³/mol. The third kappa shape index (κ3) is 21.7. The lowest BCUT2D eigenvalue weighted by Gasteiger charge is -2.07. The van der Waals surface area contributed by atoms with E-state index in [4.69, 9.17) is 0 Å². The van der Waals surface area contributed by atoms with Crippen molar-refractivity contribution >= 4 is 0 Å². The van der Waals surface area contributed by atoms with Gasteiger partial charge in [0.2, 0.25) is 0 Å². The molecule has 0 spiro atoms. The molecule has 0 aromatic carbocycles. The highest BCUT2D eigenvalue weighted by molar-refractivity contribution is 5.15. The van der Waals surface area contributed by atoms with Gasteiger partial charge in [-0.25, -0.2) is 4.57 Å². The molecule has 0 aliphatic heterocycles. The maximum Gasteiger partial charge on any atom is 0.171 e. The third-order valence-corrected chi connectivity index (χ3v) is 8.15. The summed E-state index contributed by atoms with van der Waals surface area (Å²) in [5.41, 5.74) is 3.16. The summed E-state index contributed by atoms with van der Waals surface area (Å²) in [6, 6.07) is 2.53. The molecule has 0 aliphatic rings. The summed E-state index contributed by atoms with van der Waals surface area (Å²) in [6.45, 7) is 8.08. The number of unbranched alkanes of at least 4 members (excludes halogenated alkanes) is 22. The number of hydrogen-bond acceptors (Lipinski definition) is 0. The maximum absolute atomic E-state index is 2.53. The van der Waals surface area contributed by atoms with Crippen molar-refractivity contribution < 1.29 is 4.57 Å². The van der Waals surface area contributed by atoms with Crippen molar-refractivity contribution in [3.8, 4) is 0 Å². The Labute approximate surface area is 234 Å². The molecule has 0 unspecified atom stereocenters. The second-order valence-corrected chi connectivity index (χ2v) is 12.1. The van der Waals surface area contributed by atoms with Gasteiger partial charge in [0.1, 0.15) is 6.54 Å². The first-order chi connectivity index (χ1) is 18.3. The van der Waals surface area contributed by atoms with Gasteiger partial charge in [0.15, 0.2) is 12.4 Å². The molecular weight excluding hydrogens is 446 g/mol. The summed E-state index contributed by atoms with van der Waals surface area (Å²) in [5.74, 6) is 0. The van der Waals surface area contributed by atoms with Gasteiger partial charge in [-0.3, -0.25) is 0 Å². The average Bonchev–Trinajstić information content (AvgIpc) is 2.90. The number of aryl methyl sites for hydroxylation is 3. The molecule has 0 saturated heterocycles. The molecule has 0 bridgehead atoms. The van der Waals surface area contributed by atoms with Gasteiger partial charge < -0.3 is 0 Å². The van der Waals surface area contributed by atoms with Crippen LogP contribution in [0.25, 0.3) is 0 Å². The molecule has 1 aromatic heterocycles. The van der Waals surface area contributed by atoms with Gasteiger partial charge >= 0.3 is 0 Å². The van der Waals surface area contributed by atoms with Crippen LogP contribution in [0.1, 0.15) is 192 Å². The Morgan fingerprint density at radius 3 is 0.973 bits per heavy atom. The molecule has 0 saturated carbocycles. The molecule has 0 N–H and O–H groups in total. The third-order valence-electron chi connectivity index (χ3n) is 8.15. The number of hydrogen-bond donors (Lipinski definition) is 0. The molecule has 0 atom stereocenters. The van der Waals surface area contributed by atoms with E-state index in [0.29, 0.717) is 0 Å². The number of aromatic nitrogens is 1. The Balaban J connectivity index is 2.12. The summed E-state index contributed by atoms with van der Waals surface area (Å²) in [6.07, 6.45) is 43.1. The summed E-state index contributed by atoms with van der Waals surface area (Å²) >= 11 is 0. The minimum atomic E-state index is 1.16. The minimum Gasteiger partial charge on any atom is -0.205 e. The van der Waals surface area contributed by atoms with Crippen LogP contribution in [-0.4, -0.2) is 0 Å². The molecule has 0 fully saturated rings. The maximum atomic E-state index is 2.53. The van der Waals surface area contributed by atoms with E-state index in [1.807, 2.05) is 0 Å². The van der Waals surface area contributed by atoms with Crippen LogP contribution in [0.15, 0.2) is 18.5 Å². The SMILES string of the molecule is CCCCCCCCCCCCCCc1cc(CCCCCCCCCCCCCC)c[n+](CCC)c1. The normalized spacial score (nSPS) is 11.4. The molecular formula is C36H68N+. The zero-order chi connectivity index (χ0) is 26.7. The number of pyridine rings is 1. The van der Waals surface area contributed by atoms with Crippen molar-refractivity contribution in [2.75, 3.05) is 0 Å². The van der Waals surface area contributed by atoms with Gasteiger partial charge in [0.25, 0.3) is 0 Å². The van der Waals surface area contributed by atoms with Gasteiger partial charge in [0.05, 0.1) is 0 Å².